The first-order chi connectivity index (χ1) is 6.57. The molecule has 1 unspecified atom stereocenters. The minimum absolute atomic E-state index is 0.0625. The van der Waals surface area contributed by atoms with Gasteiger partial charge in [-0.3, -0.25) is 10.1 Å². The summed E-state index contributed by atoms with van der Waals surface area (Å²) in [6.45, 7) is 1.50. The summed E-state index contributed by atoms with van der Waals surface area (Å²) in [7, 11) is 0. The van der Waals surface area contributed by atoms with E-state index >= 15 is 0 Å². The summed E-state index contributed by atoms with van der Waals surface area (Å²) in [5.41, 5.74) is -0.169. The minimum Gasteiger partial charge on any atom is -0.507 e. The molecule has 0 aliphatic carbocycles. The van der Waals surface area contributed by atoms with E-state index in [-0.39, 0.29) is 17.0 Å². The van der Waals surface area contributed by atoms with E-state index < -0.39 is 10.8 Å². The SMILES string of the molecule is CC(C=O)c1c(O)cccc1[N+](=O)[O-]. The zero-order chi connectivity index (χ0) is 10.7. The van der Waals surface area contributed by atoms with Crippen LogP contribution in [0.4, 0.5) is 5.69 Å². The van der Waals surface area contributed by atoms with Crippen LogP contribution < -0.4 is 0 Å². The quantitative estimate of drug-likeness (QED) is 0.451. The van der Waals surface area contributed by atoms with Crippen molar-refractivity contribution in [2.45, 2.75) is 12.8 Å². The number of rotatable bonds is 3. The van der Waals surface area contributed by atoms with Crippen molar-refractivity contribution in [2.24, 2.45) is 0 Å². The Bertz CT molecular complexity index is 375. The van der Waals surface area contributed by atoms with Crippen LogP contribution in [0.1, 0.15) is 18.4 Å². The van der Waals surface area contributed by atoms with Crippen LogP contribution in [0.5, 0.6) is 5.75 Å². The van der Waals surface area contributed by atoms with E-state index in [2.05, 4.69) is 0 Å². The molecule has 0 aliphatic rings. The van der Waals surface area contributed by atoms with E-state index in [1.165, 1.54) is 25.1 Å². The number of carbonyl (C=O) groups excluding carboxylic acids is 1. The fourth-order valence-corrected chi connectivity index (χ4v) is 1.23. The highest BCUT2D eigenvalue weighted by molar-refractivity contribution is 5.68. The van der Waals surface area contributed by atoms with Crippen LogP contribution in [0.25, 0.3) is 0 Å². The number of nitrogens with zero attached hydrogens (tertiary/aromatic N) is 1. The Morgan fingerprint density at radius 3 is 2.71 bits per heavy atom. The predicted octanol–water partition coefficient (Wildman–Crippen LogP) is 1.60. The molecule has 5 nitrogen and oxygen atoms in total. The van der Waals surface area contributed by atoms with Gasteiger partial charge >= 0.3 is 0 Å². The van der Waals surface area contributed by atoms with E-state index in [1.807, 2.05) is 0 Å². The third kappa shape index (κ3) is 1.71. The highest BCUT2D eigenvalue weighted by Crippen LogP contribution is 2.32. The second-order valence-corrected chi connectivity index (χ2v) is 2.89. The number of nitro benzene ring substituents is 1. The first kappa shape index (κ1) is 10.2. The van der Waals surface area contributed by atoms with E-state index in [0.717, 1.165) is 0 Å². The monoisotopic (exact) mass is 195 g/mol. The number of phenolic OH excluding ortho intramolecular Hbond substituents is 1. The van der Waals surface area contributed by atoms with Crippen molar-refractivity contribution in [3.63, 3.8) is 0 Å². The fourth-order valence-electron chi connectivity index (χ4n) is 1.23. The second-order valence-electron chi connectivity index (χ2n) is 2.89. The molecule has 0 aliphatic heterocycles. The molecule has 0 radical (unpaired) electrons. The van der Waals surface area contributed by atoms with Gasteiger partial charge in [0.2, 0.25) is 0 Å². The van der Waals surface area contributed by atoms with Crippen molar-refractivity contribution in [2.75, 3.05) is 0 Å². The van der Waals surface area contributed by atoms with Gasteiger partial charge in [0.1, 0.15) is 12.0 Å². The largest absolute Gasteiger partial charge is 0.507 e. The smallest absolute Gasteiger partial charge is 0.277 e. The van der Waals surface area contributed by atoms with Crippen LogP contribution in [0.15, 0.2) is 18.2 Å². The standard InChI is InChI=1S/C9H9NO4/c1-6(5-11)9-7(10(13)14)3-2-4-8(9)12/h2-6,12H,1H3. The molecule has 1 aromatic carbocycles. The Kier molecular flexibility index (Phi) is 2.81. The van der Waals surface area contributed by atoms with Gasteiger partial charge in [0, 0.05) is 12.0 Å². The Labute approximate surface area is 80.1 Å². The highest BCUT2D eigenvalue weighted by atomic mass is 16.6. The first-order valence-corrected chi connectivity index (χ1v) is 3.99. The average molecular weight is 195 g/mol. The summed E-state index contributed by atoms with van der Waals surface area (Å²) in [4.78, 5) is 20.5. The summed E-state index contributed by atoms with van der Waals surface area (Å²) < 4.78 is 0. The number of aromatic hydroxyl groups is 1. The van der Waals surface area contributed by atoms with E-state index in [1.54, 1.807) is 0 Å². The number of nitro groups is 1. The average Bonchev–Trinajstić information content (AvgIpc) is 2.16. The molecule has 0 amide bonds. The van der Waals surface area contributed by atoms with Gasteiger partial charge in [-0.2, -0.15) is 0 Å². The van der Waals surface area contributed by atoms with Crippen LogP contribution in [0, 0.1) is 10.1 Å². The zero-order valence-electron chi connectivity index (χ0n) is 7.51. The molecule has 0 saturated carbocycles. The first-order valence-electron chi connectivity index (χ1n) is 3.99. The van der Waals surface area contributed by atoms with Crippen LogP contribution in [-0.2, 0) is 4.79 Å². The van der Waals surface area contributed by atoms with E-state index in [4.69, 9.17) is 0 Å². The third-order valence-corrected chi connectivity index (χ3v) is 1.92. The van der Waals surface area contributed by atoms with Crippen LogP contribution in [0.3, 0.4) is 0 Å². The molecule has 1 atom stereocenters. The van der Waals surface area contributed by atoms with Crippen molar-refractivity contribution in [1.29, 1.82) is 0 Å². The molecule has 74 valence electrons. The maximum absolute atomic E-state index is 10.6. The number of benzene rings is 1. The van der Waals surface area contributed by atoms with Gasteiger partial charge in [0.05, 0.1) is 10.5 Å². The molecule has 0 bridgehead atoms. The number of carbonyl (C=O) groups is 1. The van der Waals surface area contributed by atoms with Crippen molar-refractivity contribution < 1.29 is 14.8 Å². The van der Waals surface area contributed by atoms with E-state index in [9.17, 15) is 20.0 Å². The Morgan fingerprint density at radius 2 is 2.21 bits per heavy atom. The van der Waals surface area contributed by atoms with Gasteiger partial charge < -0.3 is 9.90 Å². The lowest BCUT2D eigenvalue weighted by Gasteiger charge is -2.06. The van der Waals surface area contributed by atoms with Crippen LogP contribution in [-0.4, -0.2) is 16.3 Å². The van der Waals surface area contributed by atoms with Gasteiger partial charge in [0.25, 0.3) is 5.69 Å². The predicted molar refractivity (Wildman–Crippen MR) is 49.2 cm³/mol. The minimum atomic E-state index is -0.684. The molecule has 0 saturated heterocycles. The lowest BCUT2D eigenvalue weighted by atomic mass is 10.00. The van der Waals surface area contributed by atoms with Crippen LogP contribution >= 0.6 is 0 Å². The Balaban J connectivity index is 3.36. The molecule has 1 aromatic rings. The molecule has 0 fully saturated rings. The lowest BCUT2D eigenvalue weighted by molar-refractivity contribution is -0.385. The third-order valence-electron chi connectivity index (χ3n) is 1.92. The van der Waals surface area contributed by atoms with Gasteiger partial charge in [-0.25, -0.2) is 0 Å². The van der Waals surface area contributed by atoms with Gasteiger partial charge in [-0.05, 0) is 6.07 Å². The molecular weight excluding hydrogens is 186 g/mol. The maximum Gasteiger partial charge on any atom is 0.277 e. The Hall–Kier alpha value is -1.91. The molecule has 5 heteroatoms. The highest BCUT2D eigenvalue weighted by Gasteiger charge is 2.21. The normalized spacial score (nSPS) is 12.1. The van der Waals surface area contributed by atoms with Crippen LogP contribution in [0.2, 0.25) is 0 Å². The van der Waals surface area contributed by atoms with Crippen molar-refractivity contribution in [3.8, 4) is 5.75 Å². The number of aldehydes is 1. The summed E-state index contributed by atoms with van der Waals surface area (Å²) in [6.07, 6.45) is 0.558. The molecule has 0 spiro atoms. The van der Waals surface area contributed by atoms with Crippen molar-refractivity contribution in [1.82, 2.24) is 0 Å². The summed E-state index contributed by atoms with van der Waals surface area (Å²) in [5.74, 6) is -0.907. The van der Waals surface area contributed by atoms with Crippen molar-refractivity contribution in [3.05, 3.63) is 33.9 Å². The van der Waals surface area contributed by atoms with Crippen molar-refractivity contribution >= 4 is 12.0 Å². The molecule has 1 N–H and O–H groups in total. The molecule has 1 rings (SSSR count). The summed E-state index contributed by atoms with van der Waals surface area (Å²) in [6, 6.07) is 3.95. The summed E-state index contributed by atoms with van der Waals surface area (Å²) in [5, 5.41) is 20.0. The van der Waals surface area contributed by atoms with Gasteiger partial charge in [-0.15, -0.1) is 0 Å². The Morgan fingerprint density at radius 1 is 1.57 bits per heavy atom. The van der Waals surface area contributed by atoms with Gasteiger partial charge in [0.15, 0.2) is 0 Å². The molecule has 0 aromatic heterocycles. The number of phenols is 1. The maximum atomic E-state index is 10.6. The van der Waals surface area contributed by atoms with Gasteiger partial charge in [-0.1, -0.05) is 13.0 Å². The molecule has 14 heavy (non-hydrogen) atoms. The number of hydrogen-bond acceptors (Lipinski definition) is 4. The second kappa shape index (κ2) is 3.87. The fraction of sp³-hybridized carbons (Fsp3) is 0.222. The summed E-state index contributed by atoms with van der Waals surface area (Å²) >= 11 is 0. The lowest BCUT2D eigenvalue weighted by Crippen LogP contribution is -2.01. The zero-order valence-corrected chi connectivity index (χ0v) is 7.51. The topological polar surface area (TPSA) is 80.4 Å². The molecule has 0 heterocycles. The van der Waals surface area contributed by atoms with E-state index in [0.29, 0.717) is 6.29 Å². The number of hydrogen-bond donors (Lipinski definition) is 1. The molecular formula is C9H9NO4.